The van der Waals surface area contributed by atoms with Crippen LogP contribution in [0.25, 0.3) is 11.0 Å². The summed E-state index contributed by atoms with van der Waals surface area (Å²) in [6, 6.07) is 1.27. The molecule has 0 aromatic carbocycles. The Morgan fingerprint density at radius 3 is 2.68 bits per heavy atom. The molecule has 2 aromatic heterocycles. The van der Waals surface area contributed by atoms with Crippen molar-refractivity contribution in [1.29, 1.82) is 0 Å². The molecule has 0 spiro atoms. The quantitative estimate of drug-likeness (QED) is 0.813. The van der Waals surface area contributed by atoms with Crippen molar-refractivity contribution in [3.8, 4) is 0 Å². The van der Waals surface area contributed by atoms with Gasteiger partial charge in [-0.15, -0.1) is 0 Å². The lowest BCUT2D eigenvalue weighted by Crippen LogP contribution is -2.38. The van der Waals surface area contributed by atoms with Gasteiger partial charge in [-0.05, 0) is 13.0 Å². The Morgan fingerprint density at radius 2 is 2.05 bits per heavy atom. The lowest BCUT2D eigenvalue weighted by atomic mass is 10.2. The summed E-state index contributed by atoms with van der Waals surface area (Å²) in [7, 11) is 4.46. The Balaban J connectivity index is 2.49. The van der Waals surface area contributed by atoms with E-state index in [2.05, 4.69) is 10.3 Å². The number of carbonyl (C=O) groups excluding carboxylic acids is 1. The standard InChI is InChI=1S/C14H18N4O4/c1-8(7-22-4)16-12(19)9-5-10-11(15-6-9)17(2)14(21)18(3)13(10)20/h5-6,8H,7H2,1-4H3,(H,16,19). The summed E-state index contributed by atoms with van der Waals surface area (Å²) in [5.41, 5.74) is -0.443. The summed E-state index contributed by atoms with van der Waals surface area (Å²) in [6.45, 7) is 2.18. The second-order valence-corrected chi connectivity index (χ2v) is 5.13. The van der Waals surface area contributed by atoms with Crippen LogP contribution in [0.15, 0.2) is 21.9 Å². The largest absolute Gasteiger partial charge is 0.383 e. The van der Waals surface area contributed by atoms with Crippen LogP contribution in [0.3, 0.4) is 0 Å². The first-order valence-corrected chi connectivity index (χ1v) is 6.72. The SMILES string of the molecule is COCC(C)NC(=O)c1cnc2c(c1)c(=O)n(C)c(=O)n2C. The first-order chi connectivity index (χ1) is 10.4. The normalized spacial score (nSPS) is 12.4. The van der Waals surface area contributed by atoms with E-state index in [1.807, 2.05) is 0 Å². The summed E-state index contributed by atoms with van der Waals surface area (Å²) < 4.78 is 7.21. The number of hydrogen-bond donors (Lipinski definition) is 1. The Morgan fingerprint density at radius 1 is 1.36 bits per heavy atom. The van der Waals surface area contributed by atoms with Gasteiger partial charge in [0.2, 0.25) is 0 Å². The van der Waals surface area contributed by atoms with Gasteiger partial charge in [-0.1, -0.05) is 0 Å². The molecule has 0 bridgehead atoms. The number of pyridine rings is 1. The van der Waals surface area contributed by atoms with E-state index in [-0.39, 0.29) is 28.5 Å². The second-order valence-electron chi connectivity index (χ2n) is 5.13. The minimum Gasteiger partial charge on any atom is -0.383 e. The first kappa shape index (κ1) is 15.9. The Bertz CT molecular complexity index is 837. The number of hydrogen-bond acceptors (Lipinski definition) is 5. The molecule has 1 atom stereocenters. The van der Waals surface area contributed by atoms with Crippen LogP contribution in [0, 0.1) is 0 Å². The van der Waals surface area contributed by atoms with Crippen LogP contribution in [0.5, 0.6) is 0 Å². The van der Waals surface area contributed by atoms with Crippen LogP contribution >= 0.6 is 0 Å². The summed E-state index contributed by atoms with van der Waals surface area (Å²) in [5, 5.41) is 2.96. The summed E-state index contributed by atoms with van der Waals surface area (Å²) >= 11 is 0. The zero-order valence-electron chi connectivity index (χ0n) is 12.9. The minimum absolute atomic E-state index is 0.170. The van der Waals surface area contributed by atoms with E-state index < -0.39 is 11.2 Å². The van der Waals surface area contributed by atoms with Crippen molar-refractivity contribution >= 4 is 16.9 Å². The first-order valence-electron chi connectivity index (χ1n) is 6.72. The fourth-order valence-corrected chi connectivity index (χ4v) is 2.19. The van der Waals surface area contributed by atoms with Gasteiger partial charge in [0.1, 0.15) is 5.65 Å². The third-order valence-corrected chi connectivity index (χ3v) is 3.35. The number of carbonyl (C=O) groups is 1. The maximum Gasteiger partial charge on any atom is 0.332 e. The molecule has 0 aliphatic carbocycles. The van der Waals surface area contributed by atoms with Crippen molar-refractivity contribution in [2.24, 2.45) is 14.1 Å². The van der Waals surface area contributed by atoms with Gasteiger partial charge in [-0.25, -0.2) is 9.78 Å². The van der Waals surface area contributed by atoms with E-state index >= 15 is 0 Å². The molecule has 1 amide bonds. The molecule has 2 aromatic rings. The molecule has 8 heteroatoms. The summed E-state index contributed by atoms with van der Waals surface area (Å²) in [5.74, 6) is -0.352. The van der Waals surface area contributed by atoms with Gasteiger partial charge in [0, 0.05) is 33.4 Å². The molecule has 2 heterocycles. The van der Waals surface area contributed by atoms with Crippen molar-refractivity contribution in [3.63, 3.8) is 0 Å². The molecule has 0 radical (unpaired) electrons. The molecular formula is C14H18N4O4. The van der Waals surface area contributed by atoms with Gasteiger partial charge in [0.15, 0.2) is 0 Å². The molecule has 8 nitrogen and oxygen atoms in total. The van der Waals surface area contributed by atoms with E-state index in [4.69, 9.17) is 4.74 Å². The zero-order chi connectivity index (χ0) is 16.4. The van der Waals surface area contributed by atoms with Gasteiger partial charge < -0.3 is 10.1 Å². The molecule has 0 saturated carbocycles. The third kappa shape index (κ3) is 2.77. The van der Waals surface area contributed by atoms with Gasteiger partial charge in [-0.3, -0.25) is 18.7 Å². The van der Waals surface area contributed by atoms with Crippen LogP contribution in [0.4, 0.5) is 0 Å². The number of aromatic nitrogens is 3. The molecule has 1 N–H and O–H groups in total. The van der Waals surface area contributed by atoms with Gasteiger partial charge in [0.05, 0.1) is 17.6 Å². The fraction of sp³-hybridized carbons (Fsp3) is 0.429. The summed E-state index contributed by atoms with van der Waals surface area (Å²) in [6.07, 6.45) is 1.34. The van der Waals surface area contributed by atoms with E-state index in [1.165, 1.54) is 30.9 Å². The molecule has 22 heavy (non-hydrogen) atoms. The zero-order valence-corrected chi connectivity index (χ0v) is 12.9. The van der Waals surface area contributed by atoms with Crippen molar-refractivity contribution in [1.82, 2.24) is 19.4 Å². The topological polar surface area (TPSA) is 95.2 Å². The molecule has 0 aliphatic rings. The van der Waals surface area contributed by atoms with Crippen molar-refractivity contribution in [2.75, 3.05) is 13.7 Å². The molecule has 118 valence electrons. The fourth-order valence-electron chi connectivity index (χ4n) is 2.19. The number of nitrogens with one attached hydrogen (secondary N) is 1. The van der Waals surface area contributed by atoms with E-state index in [9.17, 15) is 14.4 Å². The maximum absolute atomic E-state index is 12.2. The van der Waals surface area contributed by atoms with E-state index in [0.29, 0.717) is 6.61 Å². The molecule has 2 rings (SSSR count). The number of amides is 1. The summed E-state index contributed by atoms with van der Waals surface area (Å²) in [4.78, 5) is 40.2. The lowest BCUT2D eigenvalue weighted by Gasteiger charge is -2.13. The van der Waals surface area contributed by atoms with Gasteiger partial charge >= 0.3 is 5.69 Å². The van der Waals surface area contributed by atoms with E-state index in [1.54, 1.807) is 14.0 Å². The van der Waals surface area contributed by atoms with Gasteiger partial charge in [-0.2, -0.15) is 0 Å². The predicted molar refractivity (Wildman–Crippen MR) is 81.0 cm³/mol. The van der Waals surface area contributed by atoms with Crippen LogP contribution in [0.1, 0.15) is 17.3 Å². The van der Waals surface area contributed by atoms with Gasteiger partial charge in [0.25, 0.3) is 11.5 Å². The number of fused-ring (bicyclic) bond motifs is 1. The molecule has 0 aliphatic heterocycles. The Labute approximate surface area is 126 Å². The minimum atomic E-state index is -0.481. The average Bonchev–Trinajstić information content (AvgIpc) is 2.50. The predicted octanol–water partition coefficient (Wildman–Crippen LogP) is -0.603. The van der Waals surface area contributed by atoms with E-state index in [0.717, 1.165) is 4.57 Å². The second kappa shape index (κ2) is 6.10. The van der Waals surface area contributed by atoms with Crippen LogP contribution in [-0.4, -0.2) is 39.8 Å². The van der Waals surface area contributed by atoms with Crippen LogP contribution < -0.4 is 16.6 Å². The number of nitrogens with zero attached hydrogens (tertiary/aromatic N) is 3. The number of rotatable bonds is 4. The van der Waals surface area contributed by atoms with Crippen LogP contribution in [-0.2, 0) is 18.8 Å². The smallest absolute Gasteiger partial charge is 0.332 e. The Kier molecular flexibility index (Phi) is 4.41. The lowest BCUT2D eigenvalue weighted by molar-refractivity contribution is 0.0905. The molecule has 0 saturated heterocycles. The molecule has 1 unspecified atom stereocenters. The highest BCUT2D eigenvalue weighted by Crippen LogP contribution is 2.07. The number of aryl methyl sites for hydroxylation is 1. The Hall–Kier alpha value is -2.48. The molecular weight excluding hydrogens is 288 g/mol. The number of methoxy groups -OCH3 is 1. The monoisotopic (exact) mass is 306 g/mol. The third-order valence-electron chi connectivity index (χ3n) is 3.35. The maximum atomic E-state index is 12.2. The molecule has 0 fully saturated rings. The highest BCUT2D eigenvalue weighted by Gasteiger charge is 2.14. The number of ether oxygens (including phenoxy) is 1. The highest BCUT2D eigenvalue weighted by atomic mass is 16.5. The highest BCUT2D eigenvalue weighted by molar-refractivity contribution is 5.96. The average molecular weight is 306 g/mol. The van der Waals surface area contributed by atoms with Crippen LogP contribution in [0.2, 0.25) is 0 Å². The van der Waals surface area contributed by atoms with Crippen molar-refractivity contribution in [2.45, 2.75) is 13.0 Å². The van der Waals surface area contributed by atoms with Crippen molar-refractivity contribution < 1.29 is 9.53 Å². The van der Waals surface area contributed by atoms with Crippen molar-refractivity contribution in [3.05, 3.63) is 38.7 Å².